The summed E-state index contributed by atoms with van der Waals surface area (Å²) in [6.07, 6.45) is 4.77. The molecule has 2 atom stereocenters. The number of carbonyl (C=O) groups is 1. The molecule has 3 fully saturated rings. The van der Waals surface area contributed by atoms with Crippen LogP contribution in [0.3, 0.4) is 0 Å². The molecule has 3 saturated heterocycles. The third kappa shape index (κ3) is 5.33. The van der Waals surface area contributed by atoms with Crippen LogP contribution in [0.4, 0.5) is 10.5 Å². The van der Waals surface area contributed by atoms with Gasteiger partial charge in [-0.1, -0.05) is 24.3 Å². The molecule has 0 aromatic heterocycles. The first kappa shape index (κ1) is 22.2. The normalized spacial score (nSPS) is 22.8. The molecule has 3 aliphatic rings. The molecule has 6 heteroatoms. The zero-order valence-corrected chi connectivity index (χ0v) is 19.7. The number of fused-ring (bicyclic) bond motifs is 2. The Morgan fingerprint density at radius 3 is 2.52 bits per heavy atom. The second kappa shape index (κ2) is 10.1. The average molecular weight is 449 g/mol. The van der Waals surface area contributed by atoms with Gasteiger partial charge in [0.2, 0.25) is 0 Å². The van der Waals surface area contributed by atoms with Gasteiger partial charge in [-0.15, -0.1) is 0 Å². The van der Waals surface area contributed by atoms with Gasteiger partial charge >= 0.3 is 6.03 Å². The number of aryl methyl sites for hydroxylation is 1. The van der Waals surface area contributed by atoms with Crippen molar-refractivity contribution >= 4 is 11.7 Å². The lowest BCUT2D eigenvalue weighted by atomic mass is 10.1. The number of ether oxygens (including phenoxy) is 1. The minimum atomic E-state index is 0.0174. The van der Waals surface area contributed by atoms with Gasteiger partial charge in [-0.3, -0.25) is 9.80 Å². The first-order chi connectivity index (χ1) is 16.2. The minimum absolute atomic E-state index is 0.0174. The number of amides is 2. The number of urea groups is 1. The molecule has 2 aromatic rings. The molecule has 0 radical (unpaired) electrons. The van der Waals surface area contributed by atoms with E-state index in [9.17, 15) is 4.79 Å². The monoisotopic (exact) mass is 448 g/mol. The van der Waals surface area contributed by atoms with Crippen molar-refractivity contribution in [2.75, 3.05) is 51.2 Å². The predicted octanol–water partition coefficient (Wildman–Crippen LogP) is 4.00. The smallest absolute Gasteiger partial charge is 0.322 e. The summed E-state index contributed by atoms with van der Waals surface area (Å²) in [6, 6.07) is 17.2. The molecule has 33 heavy (non-hydrogen) atoms. The van der Waals surface area contributed by atoms with Gasteiger partial charge in [0.1, 0.15) is 12.4 Å². The van der Waals surface area contributed by atoms with E-state index in [-0.39, 0.29) is 6.03 Å². The Bertz CT molecular complexity index is 941. The van der Waals surface area contributed by atoms with E-state index in [1.807, 2.05) is 29.2 Å². The van der Waals surface area contributed by atoms with Crippen molar-refractivity contribution in [1.29, 1.82) is 0 Å². The Hall–Kier alpha value is -2.57. The van der Waals surface area contributed by atoms with E-state index in [0.29, 0.717) is 18.7 Å². The molecular formula is C27H36N4O2. The van der Waals surface area contributed by atoms with E-state index in [2.05, 4.69) is 46.3 Å². The molecule has 6 nitrogen and oxygen atoms in total. The number of hydrogen-bond acceptors (Lipinski definition) is 4. The van der Waals surface area contributed by atoms with Crippen LogP contribution in [0.25, 0.3) is 0 Å². The minimum Gasteiger partial charge on any atom is -0.492 e. The summed E-state index contributed by atoms with van der Waals surface area (Å²) in [4.78, 5) is 19.9. The van der Waals surface area contributed by atoms with Gasteiger partial charge in [0.15, 0.2) is 0 Å². The van der Waals surface area contributed by atoms with Gasteiger partial charge in [0, 0.05) is 44.0 Å². The number of nitrogens with zero attached hydrogens (tertiary/aromatic N) is 3. The number of benzene rings is 2. The summed E-state index contributed by atoms with van der Waals surface area (Å²) in [5, 5.41) is 3.08. The highest BCUT2D eigenvalue weighted by molar-refractivity contribution is 5.90. The number of likely N-dealkylation sites (tertiary alicyclic amines) is 3. The zero-order valence-electron chi connectivity index (χ0n) is 19.7. The summed E-state index contributed by atoms with van der Waals surface area (Å²) in [5.74, 6) is 0.858. The molecular weight excluding hydrogens is 412 g/mol. The SMILES string of the molecule is Cc1ccccc1CCN1CC2CC1CN2C(=O)Nc1ccc(OCCN2CCCC2)cc1. The highest BCUT2D eigenvalue weighted by atomic mass is 16.5. The van der Waals surface area contributed by atoms with E-state index >= 15 is 0 Å². The maximum atomic E-state index is 12.9. The Morgan fingerprint density at radius 1 is 1.00 bits per heavy atom. The molecule has 2 aromatic carbocycles. The molecule has 5 rings (SSSR count). The maximum Gasteiger partial charge on any atom is 0.322 e. The molecule has 2 unspecified atom stereocenters. The van der Waals surface area contributed by atoms with Crippen molar-refractivity contribution < 1.29 is 9.53 Å². The Labute approximate surface area is 197 Å². The molecule has 176 valence electrons. The molecule has 0 aliphatic carbocycles. The van der Waals surface area contributed by atoms with E-state index in [1.54, 1.807) is 0 Å². The first-order valence-electron chi connectivity index (χ1n) is 12.5. The van der Waals surface area contributed by atoms with Gasteiger partial charge in [-0.2, -0.15) is 0 Å². The second-order valence-electron chi connectivity index (χ2n) is 9.72. The summed E-state index contributed by atoms with van der Waals surface area (Å²) >= 11 is 0. The molecule has 3 aliphatic heterocycles. The largest absolute Gasteiger partial charge is 0.492 e. The summed E-state index contributed by atoms with van der Waals surface area (Å²) in [6.45, 7) is 9.14. The lowest BCUT2D eigenvalue weighted by molar-refractivity contribution is 0.145. The van der Waals surface area contributed by atoms with Crippen molar-refractivity contribution in [3.63, 3.8) is 0 Å². The lowest BCUT2D eigenvalue weighted by Gasteiger charge is -2.34. The third-order valence-electron chi connectivity index (χ3n) is 7.53. The van der Waals surface area contributed by atoms with Crippen molar-refractivity contribution in [2.24, 2.45) is 0 Å². The lowest BCUT2D eigenvalue weighted by Crippen LogP contribution is -2.50. The maximum absolute atomic E-state index is 12.9. The number of carbonyl (C=O) groups excluding carboxylic acids is 1. The van der Waals surface area contributed by atoms with Crippen LogP contribution in [0.5, 0.6) is 5.75 Å². The Balaban J connectivity index is 1.06. The molecule has 2 amide bonds. The fraction of sp³-hybridized carbons (Fsp3) is 0.519. The summed E-state index contributed by atoms with van der Waals surface area (Å²) in [7, 11) is 0. The Morgan fingerprint density at radius 2 is 1.79 bits per heavy atom. The summed E-state index contributed by atoms with van der Waals surface area (Å²) in [5.41, 5.74) is 3.62. The van der Waals surface area contributed by atoms with Gasteiger partial charge in [-0.25, -0.2) is 4.79 Å². The van der Waals surface area contributed by atoms with Crippen LogP contribution in [0.2, 0.25) is 0 Å². The fourth-order valence-corrected chi connectivity index (χ4v) is 5.56. The van der Waals surface area contributed by atoms with Crippen LogP contribution in [0, 0.1) is 6.92 Å². The standard InChI is InChI=1S/C27H36N4O2/c1-21-6-2-3-7-22(21)12-15-30-19-25-18-24(30)20-31(25)27(32)28-23-8-10-26(11-9-23)33-17-16-29-13-4-5-14-29/h2-3,6-11,24-25H,4-5,12-20H2,1H3,(H,28,32). The van der Waals surface area contributed by atoms with Crippen LogP contribution in [-0.2, 0) is 6.42 Å². The van der Waals surface area contributed by atoms with E-state index in [0.717, 1.165) is 50.5 Å². The number of piperazine rings is 1. The van der Waals surface area contributed by atoms with E-state index < -0.39 is 0 Å². The third-order valence-corrected chi connectivity index (χ3v) is 7.53. The van der Waals surface area contributed by atoms with Crippen molar-refractivity contribution in [1.82, 2.24) is 14.7 Å². The fourth-order valence-electron chi connectivity index (χ4n) is 5.56. The number of anilines is 1. The number of nitrogens with one attached hydrogen (secondary N) is 1. The quantitative estimate of drug-likeness (QED) is 0.663. The van der Waals surface area contributed by atoms with Crippen molar-refractivity contribution in [3.05, 3.63) is 59.7 Å². The van der Waals surface area contributed by atoms with Crippen LogP contribution in [0.1, 0.15) is 30.4 Å². The molecule has 1 N–H and O–H groups in total. The highest BCUT2D eigenvalue weighted by Crippen LogP contribution is 2.31. The zero-order chi connectivity index (χ0) is 22.6. The van der Waals surface area contributed by atoms with Gasteiger partial charge in [-0.05, 0) is 81.1 Å². The molecule has 2 bridgehead atoms. The van der Waals surface area contributed by atoms with E-state index in [4.69, 9.17) is 4.74 Å². The second-order valence-corrected chi connectivity index (χ2v) is 9.72. The first-order valence-corrected chi connectivity index (χ1v) is 12.5. The van der Waals surface area contributed by atoms with Crippen LogP contribution < -0.4 is 10.1 Å². The van der Waals surface area contributed by atoms with Gasteiger partial charge in [0.05, 0.1) is 0 Å². The highest BCUT2D eigenvalue weighted by Gasteiger charge is 2.44. The number of hydrogen-bond donors (Lipinski definition) is 1. The average Bonchev–Trinajstić information content (AvgIpc) is 3.57. The van der Waals surface area contributed by atoms with Gasteiger partial charge < -0.3 is 15.0 Å². The van der Waals surface area contributed by atoms with Crippen LogP contribution in [0.15, 0.2) is 48.5 Å². The van der Waals surface area contributed by atoms with Crippen LogP contribution >= 0.6 is 0 Å². The van der Waals surface area contributed by atoms with E-state index in [1.165, 1.54) is 37.1 Å². The molecule has 3 heterocycles. The van der Waals surface area contributed by atoms with Gasteiger partial charge in [0.25, 0.3) is 0 Å². The number of rotatable bonds is 8. The predicted molar refractivity (Wildman–Crippen MR) is 132 cm³/mol. The van der Waals surface area contributed by atoms with Crippen molar-refractivity contribution in [3.8, 4) is 5.75 Å². The topological polar surface area (TPSA) is 48.1 Å². The van der Waals surface area contributed by atoms with Crippen LogP contribution in [-0.4, -0.2) is 78.7 Å². The molecule has 0 spiro atoms. The summed E-state index contributed by atoms with van der Waals surface area (Å²) < 4.78 is 5.87. The van der Waals surface area contributed by atoms with Crippen molar-refractivity contribution in [2.45, 2.75) is 44.7 Å². The molecule has 0 saturated carbocycles. The Kier molecular flexibility index (Phi) is 6.83.